The molecule has 0 amide bonds. The van der Waals surface area contributed by atoms with Crippen LogP contribution in [-0.2, 0) is 23.2 Å². The number of Topliss-reactive ketones (excluding diaryl/α,β-unsaturated/α-hetero) is 1. The van der Waals surface area contributed by atoms with Crippen molar-refractivity contribution in [3.8, 4) is 0 Å². The standard InChI is InChI=1S/C11H17O6P/c1-6-9(10(12)7(2)3)16-18(14,15)17-11(13)8(4)5/h9H,2,4,6H2,1,3,5H3,(H,14,15). The normalized spacial score (nSPS) is 15.3. The lowest BCUT2D eigenvalue weighted by Crippen LogP contribution is -2.23. The molecule has 0 aromatic heterocycles. The summed E-state index contributed by atoms with van der Waals surface area (Å²) >= 11 is 0. The molecule has 2 atom stereocenters. The zero-order valence-corrected chi connectivity index (χ0v) is 11.5. The van der Waals surface area contributed by atoms with Crippen molar-refractivity contribution in [1.82, 2.24) is 0 Å². The second-order valence-corrected chi connectivity index (χ2v) is 5.11. The third-order valence-electron chi connectivity index (χ3n) is 1.89. The number of phosphoric ester groups is 1. The molecule has 0 radical (unpaired) electrons. The number of ketones is 1. The second kappa shape index (κ2) is 6.64. The molecule has 0 aromatic carbocycles. The molecular formula is C11H17O6P. The van der Waals surface area contributed by atoms with Crippen molar-refractivity contribution >= 4 is 19.6 Å². The van der Waals surface area contributed by atoms with Crippen molar-refractivity contribution in [1.29, 1.82) is 0 Å². The van der Waals surface area contributed by atoms with Gasteiger partial charge in [-0.1, -0.05) is 20.1 Å². The SMILES string of the molecule is C=C(C)C(=O)OP(=O)(O)OC(CC)C(=O)C(=C)C. The maximum Gasteiger partial charge on any atom is 0.530 e. The predicted octanol–water partition coefficient (Wildman–Crippen LogP) is 2.15. The molecule has 102 valence electrons. The van der Waals surface area contributed by atoms with Crippen molar-refractivity contribution in [3.05, 3.63) is 24.3 Å². The van der Waals surface area contributed by atoms with E-state index in [1.807, 2.05) is 0 Å². The van der Waals surface area contributed by atoms with Gasteiger partial charge in [0, 0.05) is 5.57 Å². The molecule has 0 aliphatic carbocycles. The lowest BCUT2D eigenvalue weighted by Gasteiger charge is -2.18. The molecule has 0 rings (SSSR count). The molecule has 0 heterocycles. The van der Waals surface area contributed by atoms with E-state index in [2.05, 4.69) is 22.2 Å². The molecule has 0 bridgehead atoms. The van der Waals surface area contributed by atoms with Gasteiger partial charge in [-0.05, 0) is 25.8 Å². The molecule has 0 saturated carbocycles. The summed E-state index contributed by atoms with van der Waals surface area (Å²) in [5.41, 5.74) is 0.139. The summed E-state index contributed by atoms with van der Waals surface area (Å²) in [6, 6.07) is 0. The highest BCUT2D eigenvalue weighted by Crippen LogP contribution is 2.46. The number of rotatable bonds is 7. The fourth-order valence-corrected chi connectivity index (χ4v) is 1.92. The van der Waals surface area contributed by atoms with Crippen LogP contribution < -0.4 is 0 Å². The first-order valence-electron chi connectivity index (χ1n) is 5.21. The van der Waals surface area contributed by atoms with E-state index >= 15 is 0 Å². The van der Waals surface area contributed by atoms with Crippen molar-refractivity contribution < 1.29 is 28.1 Å². The first-order chi connectivity index (χ1) is 8.10. The molecule has 0 spiro atoms. The molecule has 6 nitrogen and oxygen atoms in total. The molecule has 0 aromatic rings. The van der Waals surface area contributed by atoms with Crippen LogP contribution in [0, 0.1) is 0 Å². The van der Waals surface area contributed by atoms with E-state index in [4.69, 9.17) is 0 Å². The molecule has 0 aliphatic heterocycles. The Hall–Kier alpha value is -1.23. The predicted molar refractivity (Wildman–Crippen MR) is 65.7 cm³/mol. The van der Waals surface area contributed by atoms with E-state index in [9.17, 15) is 19.0 Å². The average molecular weight is 276 g/mol. The summed E-state index contributed by atoms with van der Waals surface area (Å²) in [6.45, 7) is 11.0. The highest BCUT2D eigenvalue weighted by Gasteiger charge is 2.33. The number of carbonyl (C=O) groups is 2. The summed E-state index contributed by atoms with van der Waals surface area (Å²) in [6.07, 6.45) is -1.02. The molecule has 2 unspecified atom stereocenters. The van der Waals surface area contributed by atoms with E-state index in [0.29, 0.717) is 0 Å². The van der Waals surface area contributed by atoms with Crippen LogP contribution in [0.4, 0.5) is 0 Å². The first kappa shape index (κ1) is 16.8. The molecule has 0 fully saturated rings. The Morgan fingerprint density at radius 1 is 1.28 bits per heavy atom. The van der Waals surface area contributed by atoms with Crippen LogP contribution in [0.5, 0.6) is 0 Å². The number of carbonyl (C=O) groups excluding carboxylic acids is 2. The average Bonchev–Trinajstić information content (AvgIpc) is 2.23. The van der Waals surface area contributed by atoms with Gasteiger partial charge in [0.1, 0.15) is 6.10 Å². The summed E-state index contributed by atoms with van der Waals surface area (Å²) in [5, 5.41) is 0. The third-order valence-corrected chi connectivity index (χ3v) is 2.81. The van der Waals surface area contributed by atoms with Gasteiger partial charge in [-0.2, -0.15) is 0 Å². The van der Waals surface area contributed by atoms with Crippen molar-refractivity contribution in [2.24, 2.45) is 0 Å². The lowest BCUT2D eigenvalue weighted by atomic mass is 10.1. The van der Waals surface area contributed by atoms with Gasteiger partial charge >= 0.3 is 13.8 Å². The largest absolute Gasteiger partial charge is 0.530 e. The van der Waals surface area contributed by atoms with E-state index in [1.54, 1.807) is 6.92 Å². The Balaban J connectivity index is 4.78. The third kappa shape index (κ3) is 5.40. The van der Waals surface area contributed by atoms with Crippen LogP contribution in [0.2, 0.25) is 0 Å². The molecule has 0 aliphatic rings. The van der Waals surface area contributed by atoms with E-state index in [0.717, 1.165) is 0 Å². The summed E-state index contributed by atoms with van der Waals surface area (Å²) < 4.78 is 20.4. The molecule has 1 N–H and O–H groups in total. The maximum absolute atomic E-state index is 11.6. The van der Waals surface area contributed by atoms with Gasteiger partial charge in [-0.3, -0.25) is 14.2 Å². The van der Waals surface area contributed by atoms with Crippen LogP contribution in [0.15, 0.2) is 24.3 Å². The molecule has 0 saturated heterocycles. The highest BCUT2D eigenvalue weighted by molar-refractivity contribution is 7.48. The number of hydrogen-bond donors (Lipinski definition) is 1. The fourth-order valence-electron chi connectivity index (χ4n) is 0.948. The minimum Gasteiger partial charge on any atom is -0.367 e. The maximum atomic E-state index is 11.6. The summed E-state index contributed by atoms with van der Waals surface area (Å²) in [5.74, 6) is -1.57. The van der Waals surface area contributed by atoms with Gasteiger partial charge in [-0.25, -0.2) is 9.36 Å². The minimum atomic E-state index is -4.64. The Bertz CT molecular complexity index is 425. The van der Waals surface area contributed by atoms with Crippen LogP contribution in [0.3, 0.4) is 0 Å². The van der Waals surface area contributed by atoms with Crippen LogP contribution >= 0.6 is 7.82 Å². The van der Waals surface area contributed by atoms with Crippen molar-refractivity contribution in [2.75, 3.05) is 0 Å². The van der Waals surface area contributed by atoms with Gasteiger partial charge in [0.2, 0.25) is 0 Å². The number of hydrogen-bond acceptors (Lipinski definition) is 5. The van der Waals surface area contributed by atoms with Crippen molar-refractivity contribution in [3.63, 3.8) is 0 Å². The first-order valence-corrected chi connectivity index (χ1v) is 6.70. The highest BCUT2D eigenvalue weighted by atomic mass is 31.2. The Labute approximate surface area is 106 Å². The van der Waals surface area contributed by atoms with E-state index in [1.165, 1.54) is 13.8 Å². The van der Waals surface area contributed by atoms with Crippen molar-refractivity contribution in [2.45, 2.75) is 33.3 Å². The van der Waals surface area contributed by atoms with Crippen LogP contribution in [0.25, 0.3) is 0 Å². The minimum absolute atomic E-state index is 0.0489. The Morgan fingerprint density at radius 3 is 2.11 bits per heavy atom. The van der Waals surface area contributed by atoms with Gasteiger partial charge in [-0.15, -0.1) is 0 Å². The lowest BCUT2D eigenvalue weighted by molar-refractivity contribution is -0.133. The molecule has 7 heteroatoms. The summed E-state index contributed by atoms with van der Waals surface area (Å²) in [7, 11) is -4.64. The topological polar surface area (TPSA) is 89.9 Å². The van der Waals surface area contributed by atoms with Gasteiger partial charge < -0.3 is 4.52 Å². The Morgan fingerprint density at radius 2 is 1.78 bits per heavy atom. The van der Waals surface area contributed by atoms with Gasteiger partial charge in [0.25, 0.3) is 0 Å². The quantitative estimate of drug-likeness (QED) is 0.566. The smallest absolute Gasteiger partial charge is 0.367 e. The second-order valence-electron chi connectivity index (χ2n) is 3.77. The molecule has 18 heavy (non-hydrogen) atoms. The van der Waals surface area contributed by atoms with E-state index in [-0.39, 0.29) is 17.6 Å². The summed E-state index contributed by atoms with van der Waals surface area (Å²) in [4.78, 5) is 32.0. The van der Waals surface area contributed by atoms with Crippen LogP contribution in [-0.4, -0.2) is 22.7 Å². The van der Waals surface area contributed by atoms with E-state index < -0.39 is 25.7 Å². The monoisotopic (exact) mass is 276 g/mol. The van der Waals surface area contributed by atoms with Gasteiger partial charge in [0.15, 0.2) is 5.78 Å². The number of phosphoric acid groups is 1. The van der Waals surface area contributed by atoms with Crippen LogP contribution in [0.1, 0.15) is 27.2 Å². The van der Waals surface area contributed by atoms with Gasteiger partial charge in [0.05, 0.1) is 0 Å². The Kier molecular flexibility index (Phi) is 6.18. The molecular weight excluding hydrogens is 259 g/mol. The zero-order valence-electron chi connectivity index (χ0n) is 10.6. The fraction of sp³-hybridized carbons (Fsp3) is 0.455. The zero-order chi connectivity index (χ0) is 14.5.